The van der Waals surface area contributed by atoms with Crippen molar-refractivity contribution in [3.05, 3.63) is 35.9 Å². The van der Waals surface area contributed by atoms with Crippen molar-refractivity contribution in [2.45, 2.75) is 102 Å². The third kappa shape index (κ3) is 15.7. The molecule has 17 nitrogen and oxygen atoms in total. The van der Waals surface area contributed by atoms with Crippen molar-refractivity contribution in [2.24, 2.45) is 10.9 Å². The molecule has 6 amide bonds. The molecule has 0 unspecified atom stereocenters. The van der Waals surface area contributed by atoms with E-state index in [2.05, 4.69) is 26.9 Å². The summed E-state index contributed by atoms with van der Waals surface area (Å²) in [5, 5.41) is 18.7. The van der Waals surface area contributed by atoms with Crippen LogP contribution in [0.3, 0.4) is 0 Å². The Kier molecular flexibility index (Phi) is 20.5. The van der Waals surface area contributed by atoms with Gasteiger partial charge in [0.05, 0.1) is 46.2 Å². The highest BCUT2D eigenvalue weighted by atomic mass is 16.6. The van der Waals surface area contributed by atoms with Crippen LogP contribution >= 0.6 is 0 Å². The number of ether oxygens (including phenoxy) is 4. The number of carbonyl (C=O) groups is 6. The first-order chi connectivity index (χ1) is 28.2. The summed E-state index contributed by atoms with van der Waals surface area (Å²) in [6.07, 6.45) is 6.96. The monoisotopic (exact) mass is 826 g/mol. The lowest BCUT2D eigenvalue weighted by atomic mass is 9.96. The summed E-state index contributed by atoms with van der Waals surface area (Å²) < 4.78 is 21.9. The van der Waals surface area contributed by atoms with E-state index < -0.39 is 66.0 Å². The maximum atomic E-state index is 14.2. The number of aliphatic hydroxyl groups excluding tert-OH is 1. The van der Waals surface area contributed by atoms with Crippen molar-refractivity contribution in [3.8, 4) is 12.3 Å². The second-order valence-electron chi connectivity index (χ2n) is 15.3. The number of nitrogens with one attached hydrogen (secondary N) is 3. The smallest absolute Gasteiger partial charge is 0.410 e. The van der Waals surface area contributed by atoms with E-state index in [1.54, 1.807) is 58.0 Å². The van der Waals surface area contributed by atoms with Crippen molar-refractivity contribution >= 4 is 41.3 Å². The fourth-order valence-corrected chi connectivity index (χ4v) is 6.76. The highest BCUT2D eigenvalue weighted by molar-refractivity contribution is 6.41. The van der Waals surface area contributed by atoms with Crippen molar-refractivity contribution in [2.75, 3.05) is 66.4 Å². The molecular weight excluding hydrogens is 764 g/mol. The normalized spacial score (nSPS) is 19.5. The van der Waals surface area contributed by atoms with E-state index in [1.807, 2.05) is 0 Å². The molecule has 0 spiro atoms. The molecule has 0 saturated carbocycles. The summed E-state index contributed by atoms with van der Waals surface area (Å²) in [5.74, 6) is -0.849. The molecule has 0 aliphatic carbocycles. The molecular formula is C42H62N6O11. The first-order valence-electron chi connectivity index (χ1n) is 20.3. The second-order valence-corrected chi connectivity index (χ2v) is 15.3. The molecule has 2 saturated heterocycles. The summed E-state index contributed by atoms with van der Waals surface area (Å²) in [4.78, 5) is 86.5. The van der Waals surface area contributed by atoms with Gasteiger partial charge < -0.3 is 44.9 Å². The van der Waals surface area contributed by atoms with Gasteiger partial charge in [0, 0.05) is 44.9 Å². The van der Waals surface area contributed by atoms with Gasteiger partial charge in [0.25, 0.3) is 11.8 Å². The molecule has 2 fully saturated rings. The zero-order chi connectivity index (χ0) is 43.4. The lowest BCUT2D eigenvalue weighted by Gasteiger charge is -2.30. The van der Waals surface area contributed by atoms with Crippen molar-refractivity contribution in [1.82, 2.24) is 25.8 Å². The topological polar surface area (TPSA) is 214 Å². The Bertz CT molecular complexity index is 1630. The van der Waals surface area contributed by atoms with Crippen LogP contribution in [0.5, 0.6) is 0 Å². The number of hydrogen-bond donors (Lipinski definition) is 4. The second kappa shape index (κ2) is 24.9. The number of aliphatic hydroxyl groups is 1. The third-order valence-corrected chi connectivity index (χ3v) is 9.80. The third-order valence-electron chi connectivity index (χ3n) is 9.80. The molecule has 0 bridgehead atoms. The average Bonchev–Trinajstić information content (AvgIpc) is 3.59. The quantitative estimate of drug-likeness (QED) is 0.0979. The molecule has 1 aromatic carbocycles. The van der Waals surface area contributed by atoms with Gasteiger partial charge in [0.1, 0.15) is 29.4 Å². The Morgan fingerprint density at radius 1 is 0.949 bits per heavy atom. The summed E-state index contributed by atoms with van der Waals surface area (Å²) in [5.41, 5.74) is -0.429. The van der Waals surface area contributed by atoms with Crippen molar-refractivity contribution in [3.63, 3.8) is 0 Å². The predicted octanol–water partition coefficient (Wildman–Crippen LogP) is 1.91. The maximum absolute atomic E-state index is 14.2. The Morgan fingerprint density at radius 2 is 1.56 bits per heavy atom. The largest absolute Gasteiger partial charge is 0.444 e. The molecule has 2 aliphatic rings. The fourth-order valence-electron chi connectivity index (χ4n) is 6.76. The molecule has 2 aliphatic heterocycles. The van der Waals surface area contributed by atoms with Gasteiger partial charge in [-0.05, 0) is 58.4 Å². The van der Waals surface area contributed by atoms with Crippen molar-refractivity contribution in [1.29, 1.82) is 0 Å². The van der Waals surface area contributed by atoms with Crippen LogP contribution in [-0.4, -0.2) is 146 Å². The van der Waals surface area contributed by atoms with E-state index in [-0.39, 0.29) is 50.3 Å². The summed E-state index contributed by atoms with van der Waals surface area (Å²) in [6, 6.07) is 5.30. The number of rotatable bonds is 22. The Morgan fingerprint density at radius 3 is 2.15 bits per heavy atom. The molecule has 1 aromatic rings. The summed E-state index contributed by atoms with van der Waals surface area (Å²) in [7, 11) is 1.43. The zero-order valence-electron chi connectivity index (χ0n) is 35.0. The zero-order valence-corrected chi connectivity index (χ0v) is 35.0. The van der Waals surface area contributed by atoms with Gasteiger partial charge >= 0.3 is 6.09 Å². The number of benzene rings is 1. The molecule has 3 rings (SSSR count). The first-order valence-corrected chi connectivity index (χ1v) is 20.3. The summed E-state index contributed by atoms with van der Waals surface area (Å²) >= 11 is 0. The van der Waals surface area contributed by atoms with Gasteiger partial charge in [-0.1, -0.05) is 37.3 Å². The number of likely N-dealkylation sites (N-methyl/N-ethyl adjacent to an activating group) is 1. The van der Waals surface area contributed by atoms with Gasteiger partial charge in [0.15, 0.2) is 0 Å². The van der Waals surface area contributed by atoms with Crippen LogP contribution in [0.15, 0.2) is 35.3 Å². The molecule has 2 heterocycles. The molecule has 59 heavy (non-hydrogen) atoms. The lowest BCUT2D eigenvalue weighted by Crippen LogP contribution is -2.53. The van der Waals surface area contributed by atoms with E-state index in [1.165, 1.54) is 11.9 Å². The highest BCUT2D eigenvalue weighted by Gasteiger charge is 2.46. The van der Waals surface area contributed by atoms with E-state index >= 15 is 0 Å². The fraction of sp³-hybridized carbons (Fsp3) is 0.643. The number of hydrogen-bond acceptors (Lipinski definition) is 11. The van der Waals surface area contributed by atoms with Crippen LogP contribution in [0.4, 0.5) is 4.79 Å². The van der Waals surface area contributed by atoms with Crippen LogP contribution in [-0.2, 0) is 42.9 Å². The van der Waals surface area contributed by atoms with E-state index in [4.69, 9.17) is 25.4 Å². The number of amides is 6. The molecule has 326 valence electrons. The highest BCUT2D eigenvalue weighted by Crippen LogP contribution is 2.33. The van der Waals surface area contributed by atoms with Crippen LogP contribution in [0.25, 0.3) is 0 Å². The SMILES string of the molecule is C#CCCC(=O)NCCOCCOCCOCCNC(=O)[C@@H](NC(=O)[C@@H]1CC[C@@H]2CC[C@H](CO)C(=NC(=O)[C@H](CC)N(C)C(=O)OC(C)(C)C)C(=O)N21)c1ccccc1. The maximum Gasteiger partial charge on any atom is 0.410 e. The number of carbonyl (C=O) groups excluding carboxylic acids is 6. The Labute approximate surface area is 347 Å². The lowest BCUT2D eigenvalue weighted by molar-refractivity contribution is -0.137. The van der Waals surface area contributed by atoms with Gasteiger partial charge in [-0.25, -0.2) is 9.79 Å². The first kappa shape index (κ1) is 48.5. The minimum Gasteiger partial charge on any atom is -0.444 e. The molecule has 0 radical (unpaired) electrons. The van der Waals surface area contributed by atoms with Crippen molar-refractivity contribution < 1.29 is 52.8 Å². The average molecular weight is 827 g/mol. The molecule has 0 aromatic heterocycles. The van der Waals surface area contributed by atoms with Crippen LogP contribution in [0, 0.1) is 18.3 Å². The number of terminal acetylenes is 1. The van der Waals surface area contributed by atoms with E-state index in [0.717, 1.165) is 4.90 Å². The van der Waals surface area contributed by atoms with Crippen LogP contribution in [0.1, 0.15) is 84.2 Å². The van der Waals surface area contributed by atoms with Gasteiger partial charge in [-0.15, -0.1) is 12.3 Å². The Balaban J connectivity index is 1.57. The predicted molar refractivity (Wildman–Crippen MR) is 218 cm³/mol. The Hall–Kier alpha value is -4.89. The van der Waals surface area contributed by atoms with Crippen LogP contribution < -0.4 is 16.0 Å². The number of fused-ring (bicyclic) bond motifs is 1. The van der Waals surface area contributed by atoms with Crippen LogP contribution in [0.2, 0.25) is 0 Å². The van der Waals surface area contributed by atoms with Gasteiger partial charge in [0.2, 0.25) is 17.7 Å². The molecule has 4 N–H and O–H groups in total. The number of nitrogens with zero attached hydrogens (tertiary/aromatic N) is 3. The summed E-state index contributed by atoms with van der Waals surface area (Å²) in [6.45, 7) is 8.75. The van der Waals surface area contributed by atoms with E-state index in [9.17, 15) is 33.9 Å². The van der Waals surface area contributed by atoms with E-state index in [0.29, 0.717) is 70.6 Å². The number of aliphatic imine (C=N–C) groups is 1. The van der Waals surface area contributed by atoms with Gasteiger partial charge in [-0.2, -0.15) is 0 Å². The minimum absolute atomic E-state index is 0.117. The molecule has 5 atom stereocenters. The van der Waals surface area contributed by atoms with Gasteiger partial charge in [-0.3, -0.25) is 28.9 Å². The standard InChI is InChI=1S/C42H62N6O11/c1-7-9-15-34(50)43-20-22-56-24-26-58-27-25-57-23-21-44-39(53)35(29-13-11-10-12-14-29)45-38(52)33-19-18-31-17-16-30(28-49)36(40(54)48(31)33)46-37(51)32(8-2)47(6)41(55)59-42(3,4)5/h1,10-14,30-33,35,49H,8-9,15-28H2,2-6H3,(H,43,50)(H,44,53)(H,45,52)/t30-,31+,32+,33+,35+/m1/s1. The minimum atomic E-state index is -1.09. The molecule has 17 heteroatoms.